The summed E-state index contributed by atoms with van der Waals surface area (Å²) in [7, 11) is 0. The molecular formula is C19H15N3. The first-order chi connectivity index (χ1) is 10.8. The van der Waals surface area contributed by atoms with Gasteiger partial charge < -0.3 is 5.32 Å². The fraction of sp³-hybridized carbons (Fsp3) is 0.0526. The molecule has 0 amide bonds. The number of anilines is 2. The minimum absolute atomic E-state index is 0.857. The van der Waals surface area contributed by atoms with Crippen LogP contribution in [-0.4, -0.2) is 9.97 Å². The van der Waals surface area contributed by atoms with E-state index in [1.807, 2.05) is 43.5 Å². The second kappa shape index (κ2) is 4.81. The van der Waals surface area contributed by atoms with Gasteiger partial charge in [-0.15, -0.1) is 0 Å². The van der Waals surface area contributed by atoms with Crippen LogP contribution in [0.4, 0.5) is 11.5 Å². The van der Waals surface area contributed by atoms with Crippen LogP contribution in [0.3, 0.4) is 0 Å². The molecule has 1 aliphatic heterocycles. The molecule has 1 N–H and O–H groups in total. The molecule has 0 unspecified atom stereocenters. The lowest BCUT2D eigenvalue weighted by Crippen LogP contribution is -2.06. The van der Waals surface area contributed by atoms with Crippen molar-refractivity contribution in [2.24, 2.45) is 0 Å². The van der Waals surface area contributed by atoms with Crippen LogP contribution in [0, 0.1) is 0 Å². The Hall–Kier alpha value is -2.94. The molecular weight excluding hydrogens is 270 g/mol. The summed E-state index contributed by atoms with van der Waals surface area (Å²) in [4.78, 5) is 9.37. The van der Waals surface area contributed by atoms with Gasteiger partial charge in [0.25, 0.3) is 0 Å². The zero-order chi connectivity index (χ0) is 15.1. The minimum atomic E-state index is 0.857. The van der Waals surface area contributed by atoms with E-state index in [1.165, 1.54) is 5.56 Å². The van der Waals surface area contributed by atoms with Crippen LogP contribution in [0.2, 0.25) is 0 Å². The van der Waals surface area contributed by atoms with Gasteiger partial charge >= 0.3 is 0 Å². The smallest absolute Gasteiger partial charge is 0.141 e. The van der Waals surface area contributed by atoms with E-state index >= 15 is 0 Å². The predicted octanol–water partition coefficient (Wildman–Crippen LogP) is 5.03. The number of fused-ring (bicyclic) bond motifs is 2. The van der Waals surface area contributed by atoms with E-state index in [9.17, 15) is 0 Å². The van der Waals surface area contributed by atoms with Crippen molar-refractivity contribution in [1.82, 2.24) is 9.97 Å². The maximum atomic E-state index is 4.78. The van der Waals surface area contributed by atoms with E-state index in [1.54, 1.807) is 0 Å². The Morgan fingerprint density at radius 1 is 1.14 bits per heavy atom. The number of hydrogen-bond acceptors (Lipinski definition) is 3. The Bertz CT molecular complexity index is 939. The monoisotopic (exact) mass is 285 g/mol. The molecule has 3 aromatic rings. The van der Waals surface area contributed by atoms with E-state index in [0.717, 1.165) is 39.2 Å². The summed E-state index contributed by atoms with van der Waals surface area (Å²) in [6.45, 7) is 5.92. The summed E-state index contributed by atoms with van der Waals surface area (Å²) < 4.78 is 0. The van der Waals surface area contributed by atoms with Crippen LogP contribution in [-0.2, 0) is 0 Å². The molecule has 0 radical (unpaired) electrons. The molecule has 0 saturated carbocycles. The molecule has 0 spiro atoms. The van der Waals surface area contributed by atoms with Crippen molar-refractivity contribution in [3.8, 4) is 11.1 Å². The summed E-state index contributed by atoms with van der Waals surface area (Å²) in [6.07, 6.45) is 7.66. The third kappa shape index (κ3) is 1.69. The van der Waals surface area contributed by atoms with Crippen molar-refractivity contribution in [3.05, 3.63) is 60.4 Å². The number of allylic oxidation sites excluding steroid dienone is 1. The van der Waals surface area contributed by atoms with Gasteiger partial charge in [-0.1, -0.05) is 36.9 Å². The van der Waals surface area contributed by atoms with E-state index in [-0.39, 0.29) is 0 Å². The molecule has 1 aliphatic rings. The predicted molar refractivity (Wildman–Crippen MR) is 93.1 cm³/mol. The van der Waals surface area contributed by atoms with Gasteiger partial charge in [0.2, 0.25) is 0 Å². The minimum Gasteiger partial charge on any atom is -0.339 e. The van der Waals surface area contributed by atoms with Gasteiger partial charge in [0.05, 0.1) is 16.6 Å². The molecule has 106 valence electrons. The van der Waals surface area contributed by atoms with Gasteiger partial charge in [-0.2, -0.15) is 0 Å². The maximum Gasteiger partial charge on any atom is 0.141 e. The lowest BCUT2D eigenvalue weighted by molar-refractivity contribution is 1.26. The maximum absolute atomic E-state index is 4.78. The molecule has 3 heterocycles. The summed E-state index contributed by atoms with van der Waals surface area (Å²) in [5, 5.41) is 4.50. The second-order valence-electron chi connectivity index (χ2n) is 5.22. The number of nitrogens with zero attached hydrogens (tertiary/aromatic N) is 2. The zero-order valence-electron chi connectivity index (χ0n) is 12.3. The van der Waals surface area contributed by atoms with Crippen molar-refractivity contribution < 1.29 is 0 Å². The lowest BCUT2D eigenvalue weighted by atomic mass is 9.95. The summed E-state index contributed by atoms with van der Waals surface area (Å²) in [5.41, 5.74) is 6.21. The van der Waals surface area contributed by atoms with Gasteiger partial charge in [-0.25, -0.2) is 4.98 Å². The summed E-state index contributed by atoms with van der Waals surface area (Å²) in [5.74, 6) is 0.857. The van der Waals surface area contributed by atoms with Crippen molar-refractivity contribution in [2.45, 2.75) is 6.92 Å². The van der Waals surface area contributed by atoms with Gasteiger partial charge in [-0.3, -0.25) is 4.98 Å². The molecule has 0 fully saturated rings. The van der Waals surface area contributed by atoms with Crippen LogP contribution in [0.1, 0.15) is 18.2 Å². The molecule has 0 bridgehead atoms. The highest BCUT2D eigenvalue weighted by Crippen LogP contribution is 2.43. The third-order valence-corrected chi connectivity index (χ3v) is 3.95. The van der Waals surface area contributed by atoms with E-state index < -0.39 is 0 Å². The average Bonchev–Trinajstić information content (AvgIpc) is 2.55. The number of pyridine rings is 2. The SMILES string of the molecule is C=Cc1c(/C=C\C)nc2c3c(ccnc13)-c1ccccc1N2. The summed E-state index contributed by atoms with van der Waals surface area (Å²) >= 11 is 0. The Morgan fingerprint density at radius 3 is 2.82 bits per heavy atom. The summed E-state index contributed by atoms with van der Waals surface area (Å²) in [6, 6.07) is 10.3. The Balaban J connectivity index is 2.17. The topological polar surface area (TPSA) is 37.8 Å². The van der Waals surface area contributed by atoms with Crippen LogP contribution < -0.4 is 5.32 Å². The van der Waals surface area contributed by atoms with Crippen molar-refractivity contribution in [2.75, 3.05) is 5.32 Å². The molecule has 0 aliphatic carbocycles. The van der Waals surface area contributed by atoms with Crippen molar-refractivity contribution in [3.63, 3.8) is 0 Å². The quantitative estimate of drug-likeness (QED) is 0.561. The lowest BCUT2D eigenvalue weighted by Gasteiger charge is -2.22. The zero-order valence-corrected chi connectivity index (χ0v) is 12.3. The number of aromatic nitrogens is 2. The van der Waals surface area contributed by atoms with E-state index in [4.69, 9.17) is 4.98 Å². The average molecular weight is 285 g/mol. The van der Waals surface area contributed by atoms with Crippen LogP contribution in [0.15, 0.2) is 49.2 Å². The molecule has 4 rings (SSSR count). The number of hydrogen-bond donors (Lipinski definition) is 1. The normalized spacial score (nSPS) is 12.2. The molecule has 0 saturated heterocycles. The number of nitrogens with one attached hydrogen (secondary N) is 1. The van der Waals surface area contributed by atoms with Gasteiger partial charge in [0, 0.05) is 23.0 Å². The molecule has 1 aromatic carbocycles. The first-order valence-electron chi connectivity index (χ1n) is 7.27. The van der Waals surface area contributed by atoms with Crippen molar-refractivity contribution in [1.29, 1.82) is 0 Å². The Morgan fingerprint density at radius 2 is 2.00 bits per heavy atom. The van der Waals surface area contributed by atoms with E-state index in [0.29, 0.717) is 0 Å². The number of benzene rings is 1. The highest BCUT2D eigenvalue weighted by Gasteiger charge is 2.21. The largest absolute Gasteiger partial charge is 0.339 e. The number of para-hydroxylation sites is 1. The first-order valence-corrected chi connectivity index (χ1v) is 7.27. The Labute approximate surface area is 129 Å². The van der Waals surface area contributed by atoms with Gasteiger partial charge in [0.15, 0.2) is 0 Å². The molecule has 0 atom stereocenters. The van der Waals surface area contributed by atoms with Crippen molar-refractivity contribution >= 4 is 34.6 Å². The van der Waals surface area contributed by atoms with E-state index in [2.05, 4.69) is 35.1 Å². The standard InChI is InChI=1S/C19H15N3/c1-3-7-15-12(4-2)18-17-14(10-11-20-18)13-8-5-6-9-16(13)22-19(17)21-15/h3-11H,2H2,1H3,(H,21,22)/b7-3-. The fourth-order valence-corrected chi connectivity index (χ4v) is 3.02. The van der Waals surface area contributed by atoms with Crippen LogP contribution in [0.25, 0.3) is 34.2 Å². The Kier molecular flexibility index (Phi) is 2.79. The van der Waals surface area contributed by atoms with Crippen LogP contribution in [0.5, 0.6) is 0 Å². The molecule has 22 heavy (non-hydrogen) atoms. The molecule has 3 heteroatoms. The van der Waals surface area contributed by atoms with Gasteiger partial charge in [-0.05, 0) is 30.7 Å². The van der Waals surface area contributed by atoms with Gasteiger partial charge in [0.1, 0.15) is 5.82 Å². The second-order valence-corrected chi connectivity index (χ2v) is 5.22. The third-order valence-electron chi connectivity index (χ3n) is 3.95. The number of rotatable bonds is 2. The molecule has 3 nitrogen and oxygen atoms in total. The molecule has 2 aromatic heterocycles. The first kappa shape index (κ1) is 12.8. The highest BCUT2D eigenvalue weighted by atomic mass is 15.0. The highest BCUT2D eigenvalue weighted by molar-refractivity contribution is 6.11. The fourth-order valence-electron chi connectivity index (χ4n) is 3.02. The van der Waals surface area contributed by atoms with Crippen LogP contribution >= 0.6 is 0 Å².